The molecule has 1 fully saturated rings. The van der Waals surface area contributed by atoms with Crippen LogP contribution in [-0.2, 0) is 16.1 Å². The Bertz CT molecular complexity index is 901. The Morgan fingerprint density at radius 2 is 2.00 bits per heavy atom. The average Bonchev–Trinajstić information content (AvgIpc) is 3.16. The number of ether oxygens (including phenoxy) is 2. The molecule has 0 spiro atoms. The van der Waals surface area contributed by atoms with Gasteiger partial charge in [0.25, 0.3) is 11.8 Å². The zero-order chi connectivity index (χ0) is 19.4. The van der Waals surface area contributed by atoms with E-state index in [1.807, 2.05) is 6.92 Å². The van der Waals surface area contributed by atoms with Crippen molar-refractivity contribution >= 4 is 23.9 Å². The van der Waals surface area contributed by atoms with Crippen molar-refractivity contribution in [2.75, 3.05) is 13.7 Å². The molecule has 8 heteroatoms. The highest BCUT2D eigenvalue weighted by atomic mass is 16.5. The first kappa shape index (κ1) is 18.2. The van der Waals surface area contributed by atoms with Gasteiger partial charge in [0.05, 0.1) is 26.5 Å². The predicted molar refractivity (Wildman–Crippen MR) is 94.9 cm³/mol. The first-order valence-corrected chi connectivity index (χ1v) is 8.25. The molecular weight excluding hydrogens is 352 g/mol. The Morgan fingerprint density at radius 3 is 2.67 bits per heavy atom. The van der Waals surface area contributed by atoms with E-state index >= 15 is 0 Å². The van der Waals surface area contributed by atoms with Crippen LogP contribution in [0.4, 0.5) is 4.79 Å². The van der Waals surface area contributed by atoms with E-state index in [-0.39, 0.29) is 12.1 Å². The van der Waals surface area contributed by atoms with Gasteiger partial charge in [-0.25, -0.2) is 4.79 Å². The summed E-state index contributed by atoms with van der Waals surface area (Å²) in [6.45, 7) is 2.25. The first-order valence-electron chi connectivity index (χ1n) is 8.25. The van der Waals surface area contributed by atoms with Crippen molar-refractivity contribution in [3.8, 4) is 11.5 Å². The van der Waals surface area contributed by atoms with Crippen LogP contribution in [-0.4, -0.2) is 36.5 Å². The molecule has 1 aliphatic heterocycles. The summed E-state index contributed by atoms with van der Waals surface area (Å²) < 4.78 is 15.9. The van der Waals surface area contributed by atoms with Crippen LogP contribution >= 0.6 is 0 Å². The van der Waals surface area contributed by atoms with Crippen molar-refractivity contribution in [2.24, 2.45) is 0 Å². The number of methoxy groups -OCH3 is 1. The summed E-state index contributed by atoms with van der Waals surface area (Å²) in [7, 11) is 1.50. The van der Waals surface area contributed by atoms with Gasteiger partial charge < -0.3 is 13.9 Å². The van der Waals surface area contributed by atoms with Gasteiger partial charge in [0.2, 0.25) is 0 Å². The molecule has 2 aromatic rings. The van der Waals surface area contributed by atoms with Crippen molar-refractivity contribution in [1.29, 1.82) is 0 Å². The van der Waals surface area contributed by atoms with Crippen molar-refractivity contribution in [3.05, 3.63) is 53.5 Å². The zero-order valence-corrected chi connectivity index (χ0v) is 14.9. The molecule has 3 rings (SSSR count). The molecular formula is C19H18N2O6. The van der Waals surface area contributed by atoms with E-state index in [1.54, 1.807) is 30.3 Å². The SMILES string of the molecule is CCOc1ccc(/C=C2\C(=O)NC(=O)N(Cc3ccco3)C2=O)cc1OC. The van der Waals surface area contributed by atoms with E-state index in [0.717, 1.165) is 4.90 Å². The highest BCUT2D eigenvalue weighted by molar-refractivity contribution is 6.30. The molecule has 0 atom stereocenters. The summed E-state index contributed by atoms with van der Waals surface area (Å²) >= 11 is 0. The maximum Gasteiger partial charge on any atom is 0.331 e. The third-order valence-corrected chi connectivity index (χ3v) is 3.88. The van der Waals surface area contributed by atoms with Crippen molar-refractivity contribution in [1.82, 2.24) is 10.2 Å². The normalized spacial score (nSPS) is 15.9. The molecule has 0 unspecified atom stereocenters. The second-order valence-electron chi connectivity index (χ2n) is 5.63. The Labute approximate surface area is 155 Å². The lowest BCUT2D eigenvalue weighted by molar-refractivity contribution is -0.130. The second kappa shape index (κ2) is 7.77. The minimum Gasteiger partial charge on any atom is -0.493 e. The van der Waals surface area contributed by atoms with Crippen LogP contribution in [0.5, 0.6) is 11.5 Å². The molecule has 0 saturated carbocycles. The topological polar surface area (TPSA) is 98.1 Å². The lowest BCUT2D eigenvalue weighted by Crippen LogP contribution is -2.53. The fourth-order valence-corrected chi connectivity index (χ4v) is 2.61. The standard InChI is InChI=1S/C19H18N2O6/c1-3-26-15-7-6-12(10-16(15)25-2)9-14-17(22)20-19(24)21(18(14)23)11-13-5-4-8-27-13/h4-10H,3,11H2,1-2H3,(H,20,22,24)/b14-9+. The Morgan fingerprint density at radius 1 is 1.19 bits per heavy atom. The lowest BCUT2D eigenvalue weighted by Gasteiger charge is -2.25. The molecule has 1 N–H and O–H groups in total. The number of furan rings is 1. The summed E-state index contributed by atoms with van der Waals surface area (Å²) in [5.74, 6) is -0.00827. The summed E-state index contributed by atoms with van der Waals surface area (Å²) in [5, 5.41) is 2.16. The monoisotopic (exact) mass is 370 g/mol. The predicted octanol–water partition coefficient (Wildman–Crippen LogP) is 2.35. The maximum atomic E-state index is 12.7. The Hall–Kier alpha value is -3.55. The number of rotatable bonds is 6. The Kier molecular flexibility index (Phi) is 5.25. The minimum atomic E-state index is -0.789. The number of hydrogen-bond donors (Lipinski definition) is 1. The molecule has 8 nitrogen and oxygen atoms in total. The Balaban J connectivity index is 1.90. The second-order valence-corrected chi connectivity index (χ2v) is 5.63. The van der Waals surface area contributed by atoms with Gasteiger partial charge in [-0.15, -0.1) is 0 Å². The number of carbonyl (C=O) groups is 3. The van der Waals surface area contributed by atoms with Gasteiger partial charge in [-0.05, 0) is 42.8 Å². The van der Waals surface area contributed by atoms with Crippen LogP contribution in [0, 0.1) is 0 Å². The smallest absolute Gasteiger partial charge is 0.331 e. The molecule has 2 heterocycles. The van der Waals surface area contributed by atoms with Gasteiger partial charge in [0.15, 0.2) is 11.5 Å². The van der Waals surface area contributed by atoms with Crippen LogP contribution in [0.2, 0.25) is 0 Å². The summed E-state index contributed by atoms with van der Waals surface area (Å²) in [6, 6.07) is 7.52. The third kappa shape index (κ3) is 3.84. The number of carbonyl (C=O) groups excluding carboxylic acids is 3. The number of barbiturate groups is 1. The number of hydrogen-bond acceptors (Lipinski definition) is 6. The van der Waals surface area contributed by atoms with Gasteiger partial charge in [0.1, 0.15) is 11.3 Å². The van der Waals surface area contributed by atoms with E-state index < -0.39 is 17.8 Å². The van der Waals surface area contributed by atoms with E-state index in [1.165, 1.54) is 19.4 Å². The molecule has 1 aromatic heterocycles. The fourth-order valence-electron chi connectivity index (χ4n) is 2.61. The number of urea groups is 1. The van der Waals surface area contributed by atoms with E-state index in [4.69, 9.17) is 13.9 Å². The molecule has 1 aliphatic rings. The minimum absolute atomic E-state index is 0.0745. The number of nitrogens with zero attached hydrogens (tertiary/aromatic N) is 1. The van der Waals surface area contributed by atoms with Crippen molar-refractivity contribution in [2.45, 2.75) is 13.5 Å². The van der Waals surface area contributed by atoms with Crippen LogP contribution in [0.3, 0.4) is 0 Å². The molecule has 1 aromatic carbocycles. The zero-order valence-electron chi connectivity index (χ0n) is 14.9. The van der Waals surface area contributed by atoms with Gasteiger partial charge in [0, 0.05) is 0 Å². The van der Waals surface area contributed by atoms with Crippen molar-refractivity contribution < 1.29 is 28.3 Å². The number of amides is 4. The highest BCUT2D eigenvalue weighted by Crippen LogP contribution is 2.29. The van der Waals surface area contributed by atoms with E-state index in [2.05, 4.69) is 5.32 Å². The van der Waals surface area contributed by atoms with Gasteiger partial charge in [-0.2, -0.15) is 0 Å². The summed E-state index contributed by atoms with van der Waals surface area (Å²) in [5.41, 5.74) is 0.397. The van der Waals surface area contributed by atoms with Gasteiger partial charge in [-0.1, -0.05) is 6.07 Å². The summed E-state index contributed by atoms with van der Waals surface area (Å²) in [4.78, 5) is 37.8. The number of benzene rings is 1. The van der Waals surface area contributed by atoms with Crippen LogP contribution in [0.25, 0.3) is 6.08 Å². The fraction of sp³-hybridized carbons (Fsp3) is 0.211. The quantitative estimate of drug-likeness (QED) is 0.619. The lowest BCUT2D eigenvalue weighted by atomic mass is 10.1. The maximum absolute atomic E-state index is 12.7. The average molecular weight is 370 g/mol. The molecule has 0 bridgehead atoms. The molecule has 27 heavy (non-hydrogen) atoms. The number of imide groups is 2. The van der Waals surface area contributed by atoms with Crippen LogP contribution in [0.1, 0.15) is 18.2 Å². The largest absolute Gasteiger partial charge is 0.493 e. The molecule has 0 aliphatic carbocycles. The van der Waals surface area contributed by atoms with Gasteiger partial charge >= 0.3 is 6.03 Å². The highest BCUT2D eigenvalue weighted by Gasteiger charge is 2.36. The molecule has 1 saturated heterocycles. The molecule has 4 amide bonds. The number of nitrogens with one attached hydrogen (secondary N) is 1. The van der Waals surface area contributed by atoms with Crippen LogP contribution < -0.4 is 14.8 Å². The third-order valence-electron chi connectivity index (χ3n) is 3.88. The van der Waals surface area contributed by atoms with E-state index in [0.29, 0.717) is 29.4 Å². The molecule has 0 radical (unpaired) electrons. The molecule has 140 valence electrons. The van der Waals surface area contributed by atoms with Gasteiger partial charge in [-0.3, -0.25) is 19.8 Å². The van der Waals surface area contributed by atoms with Crippen LogP contribution in [0.15, 0.2) is 46.6 Å². The first-order chi connectivity index (χ1) is 13.0. The van der Waals surface area contributed by atoms with E-state index in [9.17, 15) is 14.4 Å². The van der Waals surface area contributed by atoms with Crippen molar-refractivity contribution in [3.63, 3.8) is 0 Å². The summed E-state index contributed by atoms with van der Waals surface area (Å²) in [6.07, 6.45) is 2.84.